The van der Waals surface area contributed by atoms with E-state index in [9.17, 15) is 22.0 Å². The molecule has 2 heterocycles. The van der Waals surface area contributed by atoms with E-state index in [2.05, 4.69) is 20.3 Å². The van der Waals surface area contributed by atoms with Crippen molar-refractivity contribution in [3.8, 4) is 22.5 Å². The van der Waals surface area contributed by atoms with Crippen molar-refractivity contribution >= 4 is 16.7 Å². The van der Waals surface area contributed by atoms with Crippen molar-refractivity contribution in [2.75, 3.05) is 12.4 Å². The van der Waals surface area contributed by atoms with Crippen LogP contribution >= 0.6 is 0 Å². The number of pyridine rings is 1. The van der Waals surface area contributed by atoms with Crippen molar-refractivity contribution in [3.63, 3.8) is 0 Å². The molecule has 0 aliphatic heterocycles. The summed E-state index contributed by atoms with van der Waals surface area (Å²) in [4.78, 5) is 12.6. The zero-order chi connectivity index (χ0) is 21.5. The van der Waals surface area contributed by atoms with Gasteiger partial charge in [0.05, 0.1) is 11.1 Å². The molecule has 0 atom stereocenters. The molecule has 0 aliphatic rings. The van der Waals surface area contributed by atoms with Gasteiger partial charge in [0.2, 0.25) is 0 Å². The maximum Gasteiger partial charge on any atom is 0.417 e. The fraction of sp³-hybridized carbons (Fsp3) is 0.0952. The molecule has 0 spiro atoms. The first kappa shape index (κ1) is 19.7. The Bertz CT molecular complexity index is 1240. The lowest BCUT2D eigenvalue weighted by Crippen LogP contribution is -2.09. The first-order valence-corrected chi connectivity index (χ1v) is 8.75. The minimum atomic E-state index is -4.82. The second kappa shape index (κ2) is 7.33. The summed E-state index contributed by atoms with van der Waals surface area (Å²) < 4.78 is 69.5. The van der Waals surface area contributed by atoms with E-state index < -0.39 is 34.5 Å². The van der Waals surface area contributed by atoms with Crippen LogP contribution in [0.15, 0.2) is 54.9 Å². The highest BCUT2D eigenvalue weighted by atomic mass is 19.4. The second-order valence-corrected chi connectivity index (χ2v) is 6.40. The summed E-state index contributed by atoms with van der Waals surface area (Å²) in [6, 6.07) is 8.35. The molecule has 0 amide bonds. The molecule has 0 unspecified atom stereocenters. The minimum Gasteiger partial charge on any atom is -0.373 e. The first-order chi connectivity index (χ1) is 14.3. The van der Waals surface area contributed by atoms with Crippen molar-refractivity contribution in [1.82, 2.24) is 15.0 Å². The molecular weight excluding hydrogens is 403 g/mol. The zero-order valence-electron chi connectivity index (χ0n) is 15.4. The monoisotopic (exact) mass is 416 g/mol. The molecule has 0 bridgehead atoms. The van der Waals surface area contributed by atoms with E-state index >= 15 is 0 Å². The molecule has 2 aromatic heterocycles. The van der Waals surface area contributed by atoms with Crippen LogP contribution in [0.4, 0.5) is 27.8 Å². The fourth-order valence-corrected chi connectivity index (χ4v) is 3.16. The third kappa shape index (κ3) is 3.42. The third-order valence-corrected chi connectivity index (χ3v) is 4.54. The Morgan fingerprint density at radius 3 is 2.40 bits per heavy atom. The maximum atomic E-state index is 14.3. The molecule has 152 valence electrons. The fourth-order valence-electron chi connectivity index (χ4n) is 3.16. The van der Waals surface area contributed by atoms with Crippen LogP contribution in [-0.2, 0) is 6.18 Å². The van der Waals surface area contributed by atoms with Crippen molar-refractivity contribution in [3.05, 3.63) is 72.1 Å². The molecule has 0 saturated carbocycles. The van der Waals surface area contributed by atoms with Gasteiger partial charge in [-0.3, -0.25) is 4.98 Å². The lowest BCUT2D eigenvalue weighted by atomic mass is 9.96. The summed E-state index contributed by atoms with van der Waals surface area (Å²) >= 11 is 0. The number of rotatable bonds is 3. The number of anilines is 1. The zero-order valence-corrected chi connectivity index (χ0v) is 15.4. The molecule has 4 nitrogen and oxygen atoms in total. The highest BCUT2D eigenvalue weighted by Crippen LogP contribution is 2.41. The molecule has 0 fully saturated rings. The molecule has 0 saturated heterocycles. The van der Waals surface area contributed by atoms with Crippen LogP contribution in [0.2, 0.25) is 0 Å². The molecule has 4 aromatic rings. The Morgan fingerprint density at radius 2 is 1.73 bits per heavy atom. The Hall–Kier alpha value is -3.62. The van der Waals surface area contributed by atoms with E-state index in [1.54, 1.807) is 25.4 Å². The van der Waals surface area contributed by atoms with Crippen LogP contribution in [0.3, 0.4) is 0 Å². The summed E-state index contributed by atoms with van der Waals surface area (Å²) in [5.74, 6) is -2.18. The van der Waals surface area contributed by atoms with Crippen LogP contribution in [0.25, 0.3) is 33.4 Å². The Kier molecular flexibility index (Phi) is 4.81. The molecule has 4 rings (SSSR count). The standard InChI is InChI=1S/C21H13F5N4/c1-27-20-14-8-13(12-5-2-6-16(22)18(12)23)15(21(24,25)26)9-17(14)29-19(30-20)11-4-3-7-28-10-11/h2-10H,1H3,(H,27,29,30). The third-order valence-electron chi connectivity index (χ3n) is 4.54. The van der Waals surface area contributed by atoms with Gasteiger partial charge in [0.1, 0.15) is 5.82 Å². The van der Waals surface area contributed by atoms with Crippen molar-refractivity contribution in [2.24, 2.45) is 0 Å². The van der Waals surface area contributed by atoms with E-state index in [1.165, 1.54) is 6.20 Å². The lowest BCUT2D eigenvalue weighted by Gasteiger charge is -2.17. The van der Waals surface area contributed by atoms with Gasteiger partial charge in [-0.15, -0.1) is 0 Å². The van der Waals surface area contributed by atoms with E-state index in [4.69, 9.17) is 0 Å². The Labute approximate surface area is 167 Å². The number of nitrogens with one attached hydrogen (secondary N) is 1. The van der Waals surface area contributed by atoms with E-state index in [-0.39, 0.29) is 22.5 Å². The van der Waals surface area contributed by atoms with Crippen LogP contribution < -0.4 is 5.32 Å². The largest absolute Gasteiger partial charge is 0.417 e. The van der Waals surface area contributed by atoms with E-state index in [1.807, 2.05) is 0 Å². The predicted molar refractivity (Wildman–Crippen MR) is 103 cm³/mol. The average Bonchev–Trinajstić information content (AvgIpc) is 2.74. The number of alkyl halides is 3. The van der Waals surface area contributed by atoms with Crippen molar-refractivity contribution in [2.45, 2.75) is 6.18 Å². The van der Waals surface area contributed by atoms with Crippen molar-refractivity contribution in [1.29, 1.82) is 0 Å². The second-order valence-electron chi connectivity index (χ2n) is 6.40. The number of nitrogens with zero attached hydrogens (tertiary/aromatic N) is 3. The molecule has 1 N–H and O–H groups in total. The smallest absolute Gasteiger partial charge is 0.373 e. The van der Waals surface area contributed by atoms with Crippen LogP contribution in [0.5, 0.6) is 0 Å². The molecule has 2 aromatic carbocycles. The van der Waals surface area contributed by atoms with E-state index in [0.29, 0.717) is 5.56 Å². The first-order valence-electron chi connectivity index (χ1n) is 8.75. The van der Waals surface area contributed by atoms with Gasteiger partial charge in [-0.1, -0.05) is 12.1 Å². The number of benzene rings is 2. The van der Waals surface area contributed by atoms with Gasteiger partial charge in [0.15, 0.2) is 17.5 Å². The number of aromatic nitrogens is 3. The summed E-state index contributed by atoms with van der Waals surface area (Å²) in [5, 5.41) is 3.06. The molecule has 30 heavy (non-hydrogen) atoms. The van der Waals surface area contributed by atoms with Crippen molar-refractivity contribution < 1.29 is 22.0 Å². The quantitative estimate of drug-likeness (QED) is 0.436. The number of fused-ring (bicyclic) bond motifs is 1. The van der Waals surface area contributed by atoms with Crippen LogP contribution in [0.1, 0.15) is 5.56 Å². The average molecular weight is 416 g/mol. The predicted octanol–water partition coefficient (Wildman–Crippen LogP) is 5.70. The van der Waals surface area contributed by atoms with Gasteiger partial charge < -0.3 is 5.32 Å². The normalized spacial score (nSPS) is 11.7. The Morgan fingerprint density at radius 1 is 0.933 bits per heavy atom. The van der Waals surface area contributed by atoms with Gasteiger partial charge in [-0.05, 0) is 35.9 Å². The van der Waals surface area contributed by atoms with Crippen LogP contribution in [-0.4, -0.2) is 22.0 Å². The highest BCUT2D eigenvalue weighted by molar-refractivity contribution is 5.95. The van der Waals surface area contributed by atoms with Gasteiger partial charge in [-0.25, -0.2) is 18.7 Å². The highest BCUT2D eigenvalue weighted by Gasteiger charge is 2.35. The summed E-state index contributed by atoms with van der Waals surface area (Å²) in [5.41, 5.74) is -1.60. The minimum absolute atomic E-state index is 0.00101. The SMILES string of the molecule is CNc1nc(-c2cccnc2)nc2cc(C(F)(F)F)c(-c3cccc(F)c3F)cc12. The number of halogens is 5. The van der Waals surface area contributed by atoms with Gasteiger partial charge in [0, 0.05) is 36.0 Å². The van der Waals surface area contributed by atoms with Gasteiger partial charge in [-0.2, -0.15) is 13.2 Å². The summed E-state index contributed by atoms with van der Waals surface area (Å²) in [7, 11) is 1.55. The summed E-state index contributed by atoms with van der Waals surface area (Å²) in [6.45, 7) is 0. The van der Waals surface area contributed by atoms with E-state index in [0.717, 1.165) is 30.3 Å². The molecule has 9 heteroatoms. The number of hydrogen-bond acceptors (Lipinski definition) is 4. The molecule has 0 aliphatic carbocycles. The maximum absolute atomic E-state index is 14.3. The van der Waals surface area contributed by atoms with Gasteiger partial charge in [0.25, 0.3) is 0 Å². The Balaban J connectivity index is 2.05. The molecule has 0 radical (unpaired) electrons. The molecular formula is C21H13F5N4. The summed E-state index contributed by atoms with van der Waals surface area (Å²) in [6.07, 6.45) is -1.78. The van der Waals surface area contributed by atoms with Gasteiger partial charge >= 0.3 is 6.18 Å². The number of hydrogen-bond donors (Lipinski definition) is 1. The van der Waals surface area contributed by atoms with Crippen LogP contribution in [0, 0.1) is 11.6 Å². The lowest BCUT2D eigenvalue weighted by molar-refractivity contribution is -0.137. The topological polar surface area (TPSA) is 50.7 Å².